The first-order valence-corrected chi connectivity index (χ1v) is 6.09. The lowest BCUT2D eigenvalue weighted by atomic mass is 9.99. The number of rotatable bonds is 2. The van der Waals surface area contributed by atoms with Crippen molar-refractivity contribution in [3.05, 3.63) is 16.8 Å². The summed E-state index contributed by atoms with van der Waals surface area (Å²) in [7, 11) is 0. The molecule has 0 bridgehead atoms. The number of nitrogens with zero attached hydrogens (tertiary/aromatic N) is 3. The van der Waals surface area contributed by atoms with Crippen LogP contribution < -0.4 is 11.4 Å². The van der Waals surface area contributed by atoms with Gasteiger partial charge in [-0.1, -0.05) is 17.5 Å². The summed E-state index contributed by atoms with van der Waals surface area (Å²) in [6.07, 6.45) is -2.29. The second-order valence-electron chi connectivity index (χ2n) is 4.20. The van der Waals surface area contributed by atoms with Gasteiger partial charge in [0, 0.05) is 0 Å². The van der Waals surface area contributed by atoms with Gasteiger partial charge < -0.3 is 20.7 Å². The molecule has 9 heteroatoms. The normalized spacial score (nSPS) is 32.7. The van der Waals surface area contributed by atoms with Crippen molar-refractivity contribution in [2.75, 3.05) is 12.3 Å². The quantitative estimate of drug-likeness (QED) is 0.447. The number of ether oxygens (including phenoxy) is 1. The van der Waals surface area contributed by atoms with Crippen LogP contribution in [0.1, 0.15) is 13.2 Å². The average Bonchev–Trinajstić information content (AvgIpc) is 2.63. The molecule has 0 amide bonds. The molecule has 1 fully saturated rings. The Hall–Kier alpha value is -1.66. The molecule has 1 aromatic heterocycles. The van der Waals surface area contributed by atoms with Crippen LogP contribution in [-0.4, -0.2) is 48.4 Å². The fourth-order valence-corrected chi connectivity index (χ4v) is 2.40. The van der Waals surface area contributed by atoms with E-state index in [2.05, 4.69) is 21.8 Å². The molecule has 1 aliphatic heterocycles. The predicted molar refractivity (Wildman–Crippen MR) is 69.7 cm³/mol. The van der Waals surface area contributed by atoms with Crippen molar-refractivity contribution < 1.29 is 14.9 Å². The number of aliphatic hydroxyl groups excluding tert-OH is 2. The van der Waals surface area contributed by atoms with Gasteiger partial charge in [-0.15, -0.1) is 5.92 Å². The standard InChI is InChI=1S/C11H13ClN4O4/c1-2-3-11(12)7(18)6(4-17)20-8(11)16-5-14-9(13)15-10(16)19/h5-8,17-18H,4H2,1H3,(H2,13,15,19)/t6?,7-,8?,11?/m0/s1. The third kappa shape index (κ3) is 2.25. The topological polar surface area (TPSA) is 123 Å². The lowest BCUT2D eigenvalue weighted by Gasteiger charge is -2.25. The number of alkyl halides is 1. The van der Waals surface area contributed by atoms with Gasteiger partial charge in [0.15, 0.2) is 11.1 Å². The fraction of sp³-hybridized carbons (Fsp3) is 0.545. The molecule has 1 saturated heterocycles. The van der Waals surface area contributed by atoms with Gasteiger partial charge in [-0.25, -0.2) is 9.78 Å². The summed E-state index contributed by atoms with van der Waals surface area (Å²) in [5.41, 5.74) is 4.57. The number of hydrogen-bond acceptors (Lipinski definition) is 7. The zero-order chi connectivity index (χ0) is 14.9. The van der Waals surface area contributed by atoms with Crippen molar-refractivity contribution in [3.8, 4) is 11.8 Å². The molecular formula is C11H13ClN4O4. The highest BCUT2D eigenvalue weighted by atomic mass is 35.5. The molecule has 0 aliphatic carbocycles. The highest BCUT2D eigenvalue weighted by Crippen LogP contribution is 2.42. The Balaban J connectivity index is 2.52. The summed E-state index contributed by atoms with van der Waals surface area (Å²) in [5.74, 6) is 4.99. The Morgan fingerprint density at radius 3 is 2.95 bits per heavy atom. The summed E-state index contributed by atoms with van der Waals surface area (Å²) in [4.78, 5) is 17.4. The van der Waals surface area contributed by atoms with E-state index in [1.807, 2.05) is 0 Å². The maximum Gasteiger partial charge on any atom is 0.354 e. The van der Waals surface area contributed by atoms with Gasteiger partial charge in [-0.3, -0.25) is 4.57 Å². The van der Waals surface area contributed by atoms with Crippen LogP contribution in [0.3, 0.4) is 0 Å². The molecule has 3 unspecified atom stereocenters. The summed E-state index contributed by atoms with van der Waals surface area (Å²) < 4.78 is 6.38. The fourth-order valence-electron chi connectivity index (χ4n) is 2.01. The zero-order valence-corrected chi connectivity index (χ0v) is 11.3. The van der Waals surface area contributed by atoms with E-state index in [1.165, 1.54) is 6.92 Å². The Morgan fingerprint density at radius 2 is 2.40 bits per heavy atom. The van der Waals surface area contributed by atoms with Crippen LogP contribution in [-0.2, 0) is 4.74 Å². The van der Waals surface area contributed by atoms with E-state index in [9.17, 15) is 15.0 Å². The van der Waals surface area contributed by atoms with E-state index < -0.39 is 35.6 Å². The molecule has 20 heavy (non-hydrogen) atoms. The van der Waals surface area contributed by atoms with Crippen molar-refractivity contribution in [1.82, 2.24) is 14.5 Å². The summed E-state index contributed by atoms with van der Waals surface area (Å²) >= 11 is 6.30. The molecule has 0 aromatic carbocycles. The minimum Gasteiger partial charge on any atom is -0.394 e. The molecule has 0 saturated carbocycles. The SMILES string of the molecule is CC#CC1(Cl)C(n2cnc(N)nc2=O)OC(CO)[C@@H]1O. The number of anilines is 1. The van der Waals surface area contributed by atoms with Crippen LogP contribution >= 0.6 is 11.6 Å². The third-order valence-corrected chi connectivity index (χ3v) is 3.45. The molecule has 108 valence electrons. The third-order valence-electron chi connectivity index (χ3n) is 2.94. The monoisotopic (exact) mass is 300 g/mol. The molecule has 1 aliphatic rings. The maximum atomic E-state index is 11.8. The van der Waals surface area contributed by atoms with Crippen LogP contribution in [0.4, 0.5) is 5.95 Å². The average molecular weight is 301 g/mol. The highest BCUT2D eigenvalue weighted by molar-refractivity contribution is 6.27. The molecular weight excluding hydrogens is 288 g/mol. The van der Waals surface area contributed by atoms with Gasteiger partial charge in [-0.2, -0.15) is 4.98 Å². The van der Waals surface area contributed by atoms with Crippen molar-refractivity contribution in [3.63, 3.8) is 0 Å². The smallest absolute Gasteiger partial charge is 0.354 e. The van der Waals surface area contributed by atoms with Gasteiger partial charge in [-0.05, 0) is 6.92 Å². The Kier molecular flexibility index (Phi) is 3.96. The van der Waals surface area contributed by atoms with Gasteiger partial charge in [0.25, 0.3) is 0 Å². The highest BCUT2D eigenvalue weighted by Gasteiger charge is 2.55. The number of halogens is 1. The molecule has 4 N–H and O–H groups in total. The van der Waals surface area contributed by atoms with Crippen molar-refractivity contribution in [2.24, 2.45) is 0 Å². The summed E-state index contributed by atoms with van der Waals surface area (Å²) in [5, 5.41) is 19.3. The van der Waals surface area contributed by atoms with E-state index in [0.29, 0.717) is 0 Å². The minimum atomic E-state index is -1.59. The van der Waals surface area contributed by atoms with Crippen LogP contribution in [0, 0.1) is 11.8 Å². The maximum absolute atomic E-state index is 11.8. The van der Waals surface area contributed by atoms with Gasteiger partial charge in [0.05, 0.1) is 6.61 Å². The molecule has 4 atom stereocenters. The zero-order valence-electron chi connectivity index (χ0n) is 10.5. The second kappa shape index (κ2) is 5.38. The number of nitrogen functional groups attached to an aromatic ring is 1. The lowest BCUT2D eigenvalue weighted by Crippen LogP contribution is -2.43. The molecule has 1 aromatic rings. The van der Waals surface area contributed by atoms with E-state index in [4.69, 9.17) is 22.1 Å². The molecule has 0 radical (unpaired) electrons. The summed E-state index contributed by atoms with van der Waals surface area (Å²) in [6.45, 7) is 1.06. The van der Waals surface area contributed by atoms with Gasteiger partial charge in [0.1, 0.15) is 18.5 Å². The first-order valence-electron chi connectivity index (χ1n) is 5.72. The van der Waals surface area contributed by atoms with Crippen molar-refractivity contribution in [1.29, 1.82) is 0 Å². The molecule has 8 nitrogen and oxygen atoms in total. The second-order valence-corrected chi connectivity index (χ2v) is 4.83. The molecule has 2 heterocycles. The number of hydrogen-bond donors (Lipinski definition) is 3. The van der Waals surface area contributed by atoms with Crippen LogP contribution in [0.25, 0.3) is 0 Å². The predicted octanol–water partition coefficient (Wildman–Crippen LogP) is -1.53. The Labute approximate surface area is 119 Å². The van der Waals surface area contributed by atoms with E-state index in [-0.39, 0.29) is 5.95 Å². The lowest BCUT2D eigenvalue weighted by molar-refractivity contribution is -0.0467. The molecule has 2 rings (SSSR count). The van der Waals surface area contributed by atoms with Crippen molar-refractivity contribution >= 4 is 17.5 Å². The number of aliphatic hydroxyl groups is 2. The van der Waals surface area contributed by atoms with E-state index in [1.54, 1.807) is 0 Å². The summed E-state index contributed by atoms with van der Waals surface area (Å²) in [6, 6.07) is 0. The van der Waals surface area contributed by atoms with Crippen LogP contribution in [0.5, 0.6) is 0 Å². The van der Waals surface area contributed by atoms with Crippen molar-refractivity contribution in [2.45, 2.75) is 30.2 Å². The van der Waals surface area contributed by atoms with Crippen LogP contribution in [0.15, 0.2) is 11.1 Å². The first-order chi connectivity index (χ1) is 9.43. The molecule has 0 spiro atoms. The Bertz CT molecular complexity index is 625. The van der Waals surface area contributed by atoms with Gasteiger partial charge >= 0.3 is 5.69 Å². The first kappa shape index (κ1) is 14.7. The van der Waals surface area contributed by atoms with E-state index >= 15 is 0 Å². The Morgan fingerprint density at radius 1 is 1.70 bits per heavy atom. The number of aromatic nitrogens is 3. The van der Waals surface area contributed by atoms with Crippen LogP contribution in [0.2, 0.25) is 0 Å². The van der Waals surface area contributed by atoms with Gasteiger partial charge in [0.2, 0.25) is 5.95 Å². The number of nitrogens with two attached hydrogens (primary N) is 1. The minimum absolute atomic E-state index is 0.190. The largest absolute Gasteiger partial charge is 0.394 e. The van der Waals surface area contributed by atoms with E-state index in [0.717, 1.165) is 10.9 Å².